The number of carboxylic acids is 1. The Bertz CT molecular complexity index is 663. The lowest BCUT2D eigenvalue weighted by molar-refractivity contribution is -0.307. The Hall–Kier alpha value is -0.870. The fourth-order valence-corrected chi connectivity index (χ4v) is 8.03. The molecule has 4 aliphatic carbocycles. The second-order valence-corrected chi connectivity index (χ2v) is 10.4. The van der Waals surface area contributed by atoms with Crippen molar-refractivity contribution in [2.24, 2.45) is 34.5 Å². The Morgan fingerprint density at radius 3 is 2.59 bits per heavy atom. The van der Waals surface area contributed by atoms with Crippen LogP contribution in [0, 0.1) is 34.5 Å². The van der Waals surface area contributed by atoms with Crippen LogP contribution in [0.15, 0.2) is 11.6 Å². The van der Waals surface area contributed by atoms with Gasteiger partial charge in [-0.1, -0.05) is 25.5 Å². The van der Waals surface area contributed by atoms with Crippen molar-refractivity contribution in [2.75, 3.05) is 13.2 Å². The van der Waals surface area contributed by atoms with Gasteiger partial charge in [0.25, 0.3) is 0 Å². The van der Waals surface area contributed by atoms with Crippen molar-refractivity contribution < 1.29 is 19.4 Å². The maximum absolute atomic E-state index is 11.1. The number of aliphatic carboxylic acids is 1. The molecule has 4 nitrogen and oxygen atoms in total. The van der Waals surface area contributed by atoms with E-state index in [0.717, 1.165) is 57.2 Å². The normalized spacial score (nSPS) is 47.9. The SMILES string of the molecule is C[C@]12CCC(CC(=O)[O-])CC1=CCC1C2CC[C@@]2(C)C1CCC21OCCO1. The Morgan fingerprint density at radius 2 is 1.85 bits per heavy atom. The third-order valence-electron chi connectivity index (χ3n) is 9.46. The Kier molecular flexibility index (Phi) is 4.08. The Labute approximate surface area is 162 Å². The van der Waals surface area contributed by atoms with Crippen molar-refractivity contribution in [3.63, 3.8) is 0 Å². The number of hydrogen-bond acceptors (Lipinski definition) is 4. The van der Waals surface area contributed by atoms with Crippen molar-refractivity contribution in [3.05, 3.63) is 11.6 Å². The maximum Gasteiger partial charge on any atom is 0.174 e. The summed E-state index contributed by atoms with van der Waals surface area (Å²) in [6, 6.07) is 0. The zero-order chi connectivity index (χ0) is 18.9. The number of carbonyl (C=O) groups excluding carboxylic acids is 1. The van der Waals surface area contributed by atoms with Crippen LogP contribution in [0.4, 0.5) is 0 Å². The summed E-state index contributed by atoms with van der Waals surface area (Å²) in [5.74, 6) is 1.21. The molecule has 0 amide bonds. The summed E-state index contributed by atoms with van der Waals surface area (Å²) in [5, 5.41) is 11.1. The maximum atomic E-state index is 11.1. The van der Waals surface area contributed by atoms with Crippen molar-refractivity contribution in [2.45, 2.75) is 77.4 Å². The van der Waals surface area contributed by atoms with E-state index in [9.17, 15) is 9.90 Å². The predicted octanol–water partition coefficient (Wildman–Crippen LogP) is 3.45. The third kappa shape index (κ3) is 2.45. The minimum Gasteiger partial charge on any atom is -0.550 e. The van der Waals surface area contributed by atoms with E-state index in [0.29, 0.717) is 5.92 Å². The molecule has 1 heterocycles. The molecule has 0 aromatic heterocycles. The van der Waals surface area contributed by atoms with Crippen LogP contribution in [0.25, 0.3) is 0 Å². The molecule has 0 N–H and O–H groups in total. The second kappa shape index (κ2) is 6.06. The number of fused-ring (bicyclic) bond motifs is 6. The smallest absolute Gasteiger partial charge is 0.174 e. The van der Waals surface area contributed by atoms with Gasteiger partial charge in [-0.15, -0.1) is 0 Å². The summed E-state index contributed by atoms with van der Waals surface area (Å²) < 4.78 is 12.5. The number of ether oxygens (including phenoxy) is 2. The van der Waals surface area contributed by atoms with E-state index in [4.69, 9.17) is 9.47 Å². The van der Waals surface area contributed by atoms with Gasteiger partial charge in [-0.2, -0.15) is 0 Å². The average molecular weight is 374 g/mol. The van der Waals surface area contributed by atoms with Crippen molar-refractivity contribution >= 4 is 5.97 Å². The molecule has 5 rings (SSSR count). The molecule has 4 heteroatoms. The first kappa shape index (κ1) is 18.2. The van der Waals surface area contributed by atoms with Gasteiger partial charge in [0.15, 0.2) is 5.79 Å². The molecule has 4 fully saturated rings. The highest BCUT2D eigenvalue weighted by molar-refractivity contribution is 5.64. The van der Waals surface area contributed by atoms with Gasteiger partial charge in [-0.05, 0) is 80.5 Å². The van der Waals surface area contributed by atoms with Gasteiger partial charge in [0.1, 0.15) is 0 Å². The molecule has 3 saturated carbocycles. The fourth-order valence-electron chi connectivity index (χ4n) is 8.03. The van der Waals surface area contributed by atoms with E-state index in [-0.39, 0.29) is 29.0 Å². The monoisotopic (exact) mass is 373 g/mol. The van der Waals surface area contributed by atoms with E-state index >= 15 is 0 Å². The molecular weight excluding hydrogens is 340 g/mol. The molecular formula is C23H33O4-. The molecule has 150 valence electrons. The van der Waals surface area contributed by atoms with Crippen LogP contribution in [0.2, 0.25) is 0 Å². The van der Waals surface area contributed by atoms with E-state index in [2.05, 4.69) is 19.9 Å². The quantitative estimate of drug-likeness (QED) is 0.696. The Morgan fingerprint density at radius 1 is 1.11 bits per heavy atom. The molecule has 0 aromatic carbocycles. The van der Waals surface area contributed by atoms with Crippen LogP contribution in [-0.2, 0) is 14.3 Å². The summed E-state index contributed by atoms with van der Waals surface area (Å²) in [6.45, 7) is 6.40. The van der Waals surface area contributed by atoms with Crippen LogP contribution in [0.1, 0.15) is 71.6 Å². The van der Waals surface area contributed by atoms with Gasteiger partial charge in [-0.3, -0.25) is 0 Å². The molecule has 1 saturated heterocycles. The van der Waals surface area contributed by atoms with Gasteiger partial charge >= 0.3 is 0 Å². The standard InChI is InChI=1S/C23H34O4/c1-21-8-5-15(14-20(24)25)13-16(21)3-4-17-18(21)6-9-22(2)19(17)7-10-23(22)26-11-12-27-23/h3,15,17-19H,4-14H2,1-2H3,(H,24,25)/p-1/t15?,17?,18?,19?,21-,22-/m0/s1. The second-order valence-electron chi connectivity index (χ2n) is 10.4. The molecule has 1 aliphatic heterocycles. The molecule has 27 heavy (non-hydrogen) atoms. The average Bonchev–Trinajstić information content (AvgIpc) is 3.21. The number of hydrogen-bond donors (Lipinski definition) is 0. The number of rotatable bonds is 2. The van der Waals surface area contributed by atoms with Crippen LogP contribution >= 0.6 is 0 Å². The lowest BCUT2D eigenvalue weighted by Gasteiger charge is -2.59. The highest BCUT2D eigenvalue weighted by Crippen LogP contribution is 2.68. The van der Waals surface area contributed by atoms with Crippen molar-refractivity contribution in [3.8, 4) is 0 Å². The largest absolute Gasteiger partial charge is 0.550 e. The minimum atomic E-state index is -0.890. The van der Waals surface area contributed by atoms with Crippen LogP contribution in [0.5, 0.6) is 0 Å². The van der Waals surface area contributed by atoms with Gasteiger partial charge in [0.05, 0.1) is 13.2 Å². The molecule has 5 aliphatic rings. The van der Waals surface area contributed by atoms with E-state index in [1.807, 2.05) is 0 Å². The van der Waals surface area contributed by atoms with E-state index < -0.39 is 5.97 Å². The number of allylic oxidation sites excluding steroid dienone is 2. The molecule has 1 spiro atoms. The van der Waals surface area contributed by atoms with Gasteiger partial charge in [0, 0.05) is 17.8 Å². The first-order chi connectivity index (χ1) is 12.9. The lowest BCUT2D eigenvalue weighted by Crippen LogP contribution is -2.55. The first-order valence-corrected chi connectivity index (χ1v) is 11.1. The number of carboxylic acid groups (broad SMARTS) is 1. The molecule has 0 bridgehead atoms. The summed E-state index contributed by atoms with van der Waals surface area (Å²) in [5.41, 5.74) is 1.96. The predicted molar refractivity (Wildman–Crippen MR) is 99.5 cm³/mol. The number of carbonyl (C=O) groups is 1. The molecule has 0 aromatic rings. The van der Waals surface area contributed by atoms with Crippen LogP contribution < -0.4 is 5.11 Å². The molecule has 4 unspecified atom stereocenters. The zero-order valence-electron chi connectivity index (χ0n) is 16.8. The summed E-state index contributed by atoms with van der Waals surface area (Å²) in [7, 11) is 0. The topological polar surface area (TPSA) is 58.6 Å². The van der Waals surface area contributed by atoms with Crippen molar-refractivity contribution in [1.82, 2.24) is 0 Å². The van der Waals surface area contributed by atoms with Crippen LogP contribution in [0.3, 0.4) is 0 Å². The van der Waals surface area contributed by atoms with Crippen LogP contribution in [-0.4, -0.2) is 25.0 Å². The van der Waals surface area contributed by atoms with Gasteiger partial charge < -0.3 is 19.4 Å². The fraction of sp³-hybridized carbons (Fsp3) is 0.870. The van der Waals surface area contributed by atoms with E-state index in [1.54, 1.807) is 5.57 Å². The zero-order valence-corrected chi connectivity index (χ0v) is 16.8. The van der Waals surface area contributed by atoms with Crippen molar-refractivity contribution in [1.29, 1.82) is 0 Å². The summed E-state index contributed by atoms with van der Waals surface area (Å²) >= 11 is 0. The summed E-state index contributed by atoms with van der Waals surface area (Å²) in [6.07, 6.45) is 11.7. The lowest BCUT2D eigenvalue weighted by atomic mass is 9.47. The summed E-state index contributed by atoms with van der Waals surface area (Å²) in [4.78, 5) is 11.1. The highest BCUT2D eigenvalue weighted by Gasteiger charge is 2.66. The third-order valence-corrected chi connectivity index (χ3v) is 9.46. The highest BCUT2D eigenvalue weighted by atomic mass is 16.7. The van der Waals surface area contributed by atoms with Gasteiger partial charge in [-0.25, -0.2) is 0 Å². The first-order valence-electron chi connectivity index (χ1n) is 11.1. The Balaban J connectivity index is 1.41. The van der Waals surface area contributed by atoms with E-state index in [1.165, 1.54) is 19.3 Å². The van der Waals surface area contributed by atoms with Gasteiger partial charge in [0.2, 0.25) is 0 Å². The minimum absolute atomic E-state index is 0.151. The molecule has 0 radical (unpaired) electrons. The molecule has 6 atom stereocenters.